The molecule has 7 heteroatoms. The van der Waals surface area contributed by atoms with Crippen LogP contribution in [0.15, 0.2) is 28.0 Å². The Morgan fingerprint density at radius 3 is 2.82 bits per heavy atom. The van der Waals surface area contributed by atoms with Gasteiger partial charge in [-0.05, 0) is 6.26 Å². The molecule has 0 saturated carbocycles. The Morgan fingerprint density at radius 1 is 1.35 bits per heavy atom. The molecule has 2 aromatic heterocycles. The number of hydrogen-bond acceptors (Lipinski definition) is 7. The van der Waals surface area contributed by atoms with Gasteiger partial charge in [0.15, 0.2) is 10.9 Å². The number of hydrogen-bond donors (Lipinski definition) is 2. The van der Waals surface area contributed by atoms with Gasteiger partial charge in [-0.2, -0.15) is 0 Å². The first-order valence-electron chi connectivity index (χ1n) is 5.06. The Hall–Kier alpha value is -1.76. The minimum absolute atomic E-state index is 0.550. The van der Waals surface area contributed by atoms with Gasteiger partial charge in [0, 0.05) is 19.2 Å². The molecule has 0 radical (unpaired) electrons. The number of nitrogens with zero attached hydrogens (tertiary/aromatic N) is 3. The van der Waals surface area contributed by atoms with Gasteiger partial charge in [-0.25, -0.2) is 9.97 Å². The van der Waals surface area contributed by atoms with E-state index in [2.05, 4.69) is 25.8 Å². The molecule has 0 fully saturated rings. The molecule has 2 aromatic rings. The third kappa shape index (κ3) is 3.10. The van der Waals surface area contributed by atoms with Gasteiger partial charge in [0.2, 0.25) is 0 Å². The van der Waals surface area contributed by atoms with E-state index in [0.29, 0.717) is 6.54 Å². The average Bonchev–Trinajstić information content (AvgIpc) is 2.89. The third-order valence-electron chi connectivity index (χ3n) is 2.08. The topological polar surface area (TPSA) is 75.9 Å². The molecule has 2 heterocycles. The molecule has 6 nitrogen and oxygen atoms in total. The quantitative estimate of drug-likeness (QED) is 0.620. The van der Waals surface area contributed by atoms with Crippen molar-refractivity contribution in [2.45, 2.75) is 11.7 Å². The third-order valence-corrected chi connectivity index (χ3v) is 2.63. The largest absolute Gasteiger partial charge is 0.373 e. The summed E-state index contributed by atoms with van der Waals surface area (Å²) in [7, 11) is 1.83. The maximum atomic E-state index is 4.99. The van der Waals surface area contributed by atoms with Crippen molar-refractivity contribution in [3.8, 4) is 0 Å². The molecule has 0 aromatic carbocycles. The monoisotopic (exact) mass is 251 g/mol. The minimum Gasteiger partial charge on any atom is -0.373 e. The Bertz CT molecular complexity index is 451. The van der Waals surface area contributed by atoms with Gasteiger partial charge in [0.1, 0.15) is 11.6 Å². The summed E-state index contributed by atoms with van der Waals surface area (Å²) >= 11 is 1.50. The highest BCUT2D eigenvalue weighted by atomic mass is 32.2. The zero-order valence-corrected chi connectivity index (χ0v) is 10.4. The number of nitrogens with one attached hydrogen (secondary N) is 2. The van der Waals surface area contributed by atoms with Crippen molar-refractivity contribution < 1.29 is 4.52 Å². The van der Waals surface area contributed by atoms with Crippen LogP contribution in [0.1, 0.15) is 5.76 Å². The summed E-state index contributed by atoms with van der Waals surface area (Å²) in [5, 5.41) is 10.5. The number of anilines is 2. The summed E-state index contributed by atoms with van der Waals surface area (Å²) in [5.74, 6) is 2.30. The Labute approximate surface area is 103 Å². The Kier molecular flexibility index (Phi) is 3.81. The van der Waals surface area contributed by atoms with Crippen LogP contribution in [-0.4, -0.2) is 28.4 Å². The molecular weight excluding hydrogens is 238 g/mol. The molecule has 2 rings (SSSR count). The van der Waals surface area contributed by atoms with Crippen molar-refractivity contribution >= 4 is 23.4 Å². The van der Waals surface area contributed by atoms with Crippen molar-refractivity contribution in [1.82, 2.24) is 15.1 Å². The van der Waals surface area contributed by atoms with Crippen LogP contribution < -0.4 is 10.6 Å². The maximum absolute atomic E-state index is 4.99. The predicted octanol–water partition coefficient (Wildman–Crippen LogP) is 1.84. The summed E-state index contributed by atoms with van der Waals surface area (Å²) in [6.07, 6.45) is 3.55. The molecule has 0 aliphatic heterocycles. The molecule has 90 valence electrons. The lowest BCUT2D eigenvalue weighted by molar-refractivity contribution is 0.388. The van der Waals surface area contributed by atoms with Crippen LogP contribution in [0.4, 0.5) is 11.6 Å². The van der Waals surface area contributed by atoms with Crippen LogP contribution in [0.3, 0.4) is 0 Å². The molecule has 0 atom stereocenters. The fourth-order valence-corrected chi connectivity index (χ4v) is 1.63. The van der Waals surface area contributed by atoms with Crippen molar-refractivity contribution in [3.05, 3.63) is 24.1 Å². The minimum atomic E-state index is 0.550. The number of aromatic nitrogens is 3. The first kappa shape index (κ1) is 11.7. The van der Waals surface area contributed by atoms with E-state index in [0.717, 1.165) is 22.6 Å². The predicted molar refractivity (Wildman–Crippen MR) is 67.2 cm³/mol. The molecule has 0 amide bonds. The van der Waals surface area contributed by atoms with Crippen LogP contribution >= 0.6 is 11.8 Å². The second-order valence-corrected chi connectivity index (χ2v) is 3.98. The Morgan fingerprint density at radius 2 is 2.18 bits per heavy atom. The highest BCUT2D eigenvalue weighted by Crippen LogP contribution is 2.17. The fraction of sp³-hybridized carbons (Fsp3) is 0.300. The maximum Gasteiger partial charge on any atom is 0.191 e. The average molecular weight is 251 g/mol. The second-order valence-electron chi connectivity index (χ2n) is 3.21. The highest BCUT2D eigenvalue weighted by Gasteiger charge is 2.03. The smallest absolute Gasteiger partial charge is 0.191 e. The lowest BCUT2D eigenvalue weighted by Crippen LogP contribution is -2.04. The van der Waals surface area contributed by atoms with Crippen LogP contribution in [0.5, 0.6) is 0 Å². The standard InChI is InChI=1S/C10H13N5OS/c1-11-8-5-9(15-10(14-8)17-2)12-6-7-3-4-13-16-7/h3-5H,6H2,1-2H3,(H2,11,12,14,15). The van der Waals surface area contributed by atoms with Crippen LogP contribution in [-0.2, 0) is 6.54 Å². The van der Waals surface area contributed by atoms with E-state index in [4.69, 9.17) is 4.52 Å². The van der Waals surface area contributed by atoms with E-state index in [1.54, 1.807) is 6.20 Å². The summed E-state index contributed by atoms with van der Waals surface area (Å²) in [6.45, 7) is 0.550. The molecule has 0 aliphatic carbocycles. The van der Waals surface area contributed by atoms with Gasteiger partial charge < -0.3 is 15.2 Å². The second kappa shape index (κ2) is 5.53. The van der Waals surface area contributed by atoms with Crippen molar-refractivity contribution in [3.63, 3.8) is 0 Å². The summed E-state index contributed by atoms with van der Waals surface area (Å²) < 4.78 is 4.99. The zero-order chi connectivity index (χ0) is 12.1. The van der Waals surface area contributed by atoms with Gasteiger partial charge in [-0.1, -0.05) is 16.9 Å². The SMILES string of the molecule is CNc1cc(NCc2ccno2)nc(SC)n1. The first-order valence-corrected chi connectivity index (χ1v) is 6.28. The normalized spacial score (nSPS) is 10.2. The first-order chi connectivity index (χ1) is 8.31. The van der Waals surface area contributed by atoms with E-state index in [-0.39, 0.29) is 0 Å². The van der Waals surface area contributed by atoms with Gasteiger partial charge in [0.05, 0.1) is 12.7 Å². The van der Waals surface area contributed by atoms with Crippen molar-refractivity contribution in [2.75, 3.05) is 23.9 Å². The lowest BCUT2D eigenvalue weighted by Gasteiger charge is -2.07. The van der Waals surface area contributed by atoms with Gasteiger partial charge >= 0.3 is 0 Å². The molecule has 0 bridgehead atoms. The summed E-state index contributed by atoms with van der Waals surface area (Å²) in [6, 6.07) is 3.65. The Balaban J connectivity index is 2.09. The lowest BCUT2D eigenvalue weighted by atomic mass is 10.4. The van der Waals surface area contributed by atoms with Crippen LogP contribution in [0.25, 0.3) is 0 Å². The molecule has 0 aliphatic rings. The van der Waals surface area contributed by atoms with E-state index < -0.39 is 0 Å². The fourth-order valence-electron chi connectivity index (χ4n) is 1.25. The van der Waals surface area contributed by atoms with E-state index >= 15 is 0 Å². The molecule has 17 heavy (non-hydrogen) atoms. The van der Waals surface area contributed by atoms with E-state index in [9.17, 15) is 0 Å². The van der Waals surface area contributed by atoms with Crippen molar-refractivity contribution in [2.24, 2.45) is 0 Å². The van der Waals surface area contributed by atoms with Crippen LogP contribution in [0, 0.1) is 0 Å². The van der Waals surface area contributed by atoms with E-state index in [1.807, 2.05) is 25.4 Å². The van der Waals surface area contributed by atoms with Gasteiger partial charge in [0.25, 0.3) is 0 Å². The molecule has 0 spiro atoms. The highest BCUT2D eigenvalue weighted by molar-refractivity contribution is 7.98. The summed E-state index contributed by atoms with van der Waals surface area (Å²) in [5.41, 5.74) is 0. The molecule has 0 unspecified atom stereocenters. The summed E-state index contributed by atoms with van der Waals surface area (Å²) in [4.78, 5) is 8.62. The molecular formula is C10H13N5OS. The number of thioether (sulfide) groups is 1. The van der Waals surface area contributed by atoms with Crippen molar-refractivity contribution in [1.29, 1.82) is 0 Å². The molecule has 2 N–H and O–H groups in total. The van der Waals surface area contributed by atoms with Crippen LogP contribution in [0.2, 0.25) is 0 Å². The molecule has 0 saturated heterocycles. The van der Waals surface area contributed by atoms with Gasteiger partial charge in [-0.15, -0.1) is 0 Å². The number of rotatable bonds is 5. The van der Waals surface area contributed by atoms with Gasteiger partial charge in [-0.3, -0.25) is 0 Å². The van der Waals surface area contributed by atoms with E-state index in [1.165, 1.54) is 11.8 Å². The zero-order valence-electron chi connectivity index (χ0n) is 9.60.